The van der Waals surface area contributed by atoms with Crippen molar-refractivity contribution in [3.8, 4) is 11.3 Å². The van der Waals surface area contributed by atoms with E-state index in [1.54, 1.807) is 0 Å². The summed E-state index contributed by atoms with van der Waals surface area (Å²) in [5.74, 6) is -0.137. The molecule has 3 aromatic carbocycles. The van der Waals surface area contributed by atoms with Crippen LogP contribution in [0, 0.1) is 13.8 Å². The Bertz CT molecular complexity index is 1160. The number of carbonyl (C=O) groups is 1. The van der Waals surface area contributed by atoms with Crippen LogP contribution in [0.4, 0.5) is 5.69 Å². The largest absolute Gasteiger partial charge is 0.322 e. The molecule has 0 saturated heterocycles. The third-order valence-corrected chi connectivity index (χ3v) is 5.11. The van der Waals surface area contributed by atoms with Crippen molar-refractivity contribution in [1.29, 1.82) is 0 Å². The normalized spacial score (nSPS) is 10.8. The molecule has 0 fully saturated rings. The minimum atomic E-state index is -0.137. The fraction of sp³-hybridized carbons (Fsp3) is 0.0833. The number of fused-ring (bicyclic) bond motifs is 1. The maximum atomic E-state index is 13.1. The van der Waals surface area contributed by atoms with Gasteiger partial charge in [0.25, 0.3) is 5.91 Å². The van der Waals surface area contributed by atoms with Gasteiger partial charge >= 0.3 is 0 Å². The average molecular weight is 431 g/mol. The molecule has 0 saturated carbocycles. The zero-order valence-corrected chi connectivity index (χ0v) is 17.2. The standard InChI is InChI=1S/C24H19BrN2O/c1-15-11-16(2)13-19(12-15)26-24(28)21-14-23(17-7-9-18(25)10-8-17)27-22-6-4-3-5-20(21)22/h3-14H,1-2H3,(H,26,28). The number of aryl methyl sites for hydroxylation is 2. The number of aromatic nitrogens is 1. The van der Waals surface area contributed by atoms with E-state index in [-0.39, 0.29) is 5.91 Å². The number of halogens is 1. The lowest BCUT2D eigenvalue weighted by molar-refractivity contribution is 0.102. The quantitative estimate of drug-likeness (QED) is 0.401. The molecular weight excluding hydrogens is 412 g/mol. The van der Waals surface area contributed by atoms with Gasteiger partial charge in [-0.25, -0.2) is 4.98 Å². The minimum Gasteiger partial charge on any atom is -0.322 e. The molecule has 0 aliphatic carbocycles. The second-order valence-electron chi connectivity index (χ2n) is 6.91. The number of rotatable bonds is 3. The number of carbonyl (C=O) groups excluding carboxylic acids is 1. The molecule has 3 nitrogen and oxygen atoms in total. The van der Waals surface area contributed by atoms with Gasteiger partial charge in [0.05, 0.1) is 16.8 Å². The van der Waals surface area contributed by atoms with Gasteiger partial charge < -0.3 is 5.32 Å². The van der Waals surface area contributed by atoms with Gasteiger partial charge in [-0.05, 0) is 61.4 Å². The molecule has 4 aromatic rings. The molecule has 138 valence electrons. The second-order valence-corrected chi connectivity index (χ2v) is 7.83. The van der Waals surface area contributed by atoms with Crippen LogP contribution in [0.3, 0.4) is 0 Å². The maximum absolute atomic E-state index is 13.1. The number of nitrogens with one attached hydrogen (secondary N) is 1. The number of para-hydroxylation sites is 1. The molecule has 4 rings (SSSR count). The molecule has 0 atom stereocenters. The summed E-state index contributed by atoms with van der Waals surface area (Å²) in [5.41, 5.74) is 6.19. The predicted molar refractivity (Wildman–Crippen MR) is 119 cm³/mol. The van der Waals surface area contributed by atoms with Crippen LogP contribution in [0.1, 0.15) is 21.5 Å². The summed E-state index contributed by atoms with van der Waals surface area (Å²) in [4.78, 5) is 17.9. The highest BCUT2D eigenvalue weighted by atomic mass is 79.9. The lowest BCUT2D eigenvalue weighted by atomic mass is 10.0. The zero-order chi connectivity index (χ0) is 19.7. The highest BCUT2D eigenvalue weighted by Crippen LogP contribution is 2.27. The van der Waals surface area contributed by atoms with Crippen LogP contribution in [-0.4, -0.2) is 10.9 Å². The van der Waals surface area contributed by atoms with E-state index >= 15 is 0 Å². The van der Waals surface area contributed by atoms with Crippen LogP contribution in [0.25, 0.3) is 22.2 Å². The first-order valence-electron chi connectivity index (χ1n) is 9.05. The van der Waals surface area contributed by atoms with Gasteiger partial charge in [0.2, 0.25) is 0 Å². The Balaban J connectivity index is 1.80. The summed E-state index contributed by atoms with van der Waals surface area (Å²) in [6, 6.07) is 23.6. The molecule has 1 aromatic heterocycles. The maximum Gasteiger partial charge on any atom is 0.256 e. The minimum absolute atomic E-state index is 0.137. The van der Waals surface area contributed by atoms with E-state index in [0.717, 1.165) is 43.4 Å². The van der Waals surface area contributed by atoms with Gasteiger partial charge in [-0.15, -0.1) is 0 Å². The molecule has 1 amide bonds. The molecule has 0 radical (unpaired) electrons. The first kappa shape index (κ1) is 18.4. The topological polar surface area (TPSA) is 42.0 Å². The smallest absolute Gasteiger partial charge is 0.256 e. The van der Waals surface area contributed by atoms with E-state index in [1.165, 1.54) is 0 Å². The first-order chi connectivity index (χ1) is 13.5. The van der Waals surface area contributed by atoms with Crippen molar-refractivity contribution in [1.82, 2.24) is 4.98 Å². The second kappa shape index (κ2) is 7.56. The number of hydrogen-bond acceptors (Lipinski definition) is 2. The highest BCUT2D eigenvalue weighted by molar-refractivity contribution is 9.10. The Hall–Kier alpha value is -2.98. The molecule has 0 bridgehead atoms. The van der Waals surface area contributed by atoms with E-state index < -0.39 is 0 Å². The van der Waals surface area contributed by atoms with E-state index in [0.29, 0.717) is 5.56 Å². The van der Waals surface area contributed by atoms with Crippen LogP contribution in [-0.2, 0) is 0 Å². The van der Waals surface area contributed by atoms with Gasteiger partial charge in [-0.2, -0.15) is 0 Å². The summed E-state index contributed by atoms with van der Waals surface area (Å²) in [7, 11) is 0. The van der Waals surface area contributed by atoms with Gasteiger partial charge in [0.1, 0.15) is 0 Å². The number of hydrogen-bond donors (Lipinski definition) is 1. The molecule has 0 spiro atoms. The molecule has 0 unspecified atom stereocenters. The molecule has 4 heteroatoms. The van der Waals surface area contributed by atoms with Crippen molar-refractivity contribution in [3.05, 3.63) is 94.0 Å². The van der Waals surface area contributed by atoms with Crippen molar-refractivity contribution in [2.45, 2.75) is 13.8 Å². The number of nitrogens with zero attached hydrogens (tertiary/aromatic N) is 1. The fourth-order valence-electron chi connectivity index (χ4n) is 3.38. The molecule has 28 heavy (non-hydrogen) atoms. The summed E-state index contributed by atoms with van der Waals surface area (Å²) in [6.07, 6.45) is 0. The van der Waals surface area contributed by atoms with Gasteiger partial charge in [0.15, 0.2) is 0 Å². The molecule has 0 aliphatic heterocycles. The van der Waals surface area contributed by atoms with Crippen molar-refractivity contribution in [2.75, 3.05) is 5.32 Å². The third-order valence-electron chi connectivity index (χ3n) is 4.58. The van der Waals surface area contributed by atoms with Crippen LogP contribution >= 0.6 is 15.9 Å². The van der Waals surface area contributed by atoms with Gasteiger partial charge in [0, 0.05) is 21.1 Å². The highest BCUT2D eigenvalue weighted by Gasteiger charge is 2.14. The van der Waals surface area contributed by atoms with E-state index in [1.807, 2.05) is 80.6 Å². The molecular formula is C24H19BrN2O. The monoisotopic (exact) mass is 430 g/mol. The molecule has 0 aliphatic rings. The Morgan fingerprint density at radius 1 is 0.893 bits per heavy atom. The summed E-state index contributed by atoms with van der Waals surface area (Å²) < 4.78 is 1.00. The van der Waals surface area contributed by atoms with Crippen LogP contribution in [0.15, 0.2) is 77.3 Å². The van der Waals surface area contributed by atoms with Gasteiger partial charge in [-0.3, -0.25) is 4.79 Å². The van der Waals surface area contributed by atoms with Crippen LogP contribution in [0.5, 0.6) is 0 Å². The van der Waals surface area contributed by atoms with E-state index in [4.69, 9.17) is 4.98 Å². The fourth-order valence-corrected chi connectivity index (χ4v) is 3.64. The van der Waals surface area contributed by atoms with Crippen molar-refractivity contribution in [3.63, 3.8) is 0 Å². The van der Waals surface area contributed by atoms with E-state index in [2.05, 4.69) is 27.3 Å². The van der Waals surface area contributed by atoms with Crippen molar-refractivity contribution >= 4 is 38.4 Å². The van der Waals surface area contributed by atoms with E-state index in [9.17, 15) is 4.79 Å². The first-order valence-corrected chi connectivity index (χ1v) is 9.84. The zero-order valence-electron chi connectivity index (χ0n) is 15.7. The molecule has 1 N–H and O–H groups in total. The summed E-state index contributed by atoms with van der Waals surface area (Å²) in [6.45, 7) is 4.05. The predicted octanol–water partition coefficient (Wildman–Crippen LogP) is 6.53. The number of amides is 1. The number of anilines is 1. The SMILES string of the molecule is Cc1cc(C)cc(NC(=O)c2cc(-c3ccc(Br)cc3)nc3ccccc23)c1. The third kappa shape index (κ3) is 3.82. The number of benzene rings is 3. The van der Waals surface area contributed by atoms with Crippen LogP contribution in [0.2, 0.25) is 0 Å². The Kier molecular flexibility index (Phi) is 4.97. The van der Waals surface area contributed by atoms with Gasteiger partial charge in [-0.1, -0.05) is 52.3 Å². The molecule has 1 heterocycles. The van der Waals surface area contributed by atoms with Crippen molar-refractivity contribution in [2.24, 2.45) is 0 Å². The lowest BCUT2D eigenvalue weighted by Crippen LogP contribution is -2.13. The Morgan fingerprint density at radius 3 is 2.29 bits per heavy atom. The number of pyridine rings is 1. The van der Waals surface area contributed by atoms with Crippen molar-refractivity contribution < 1.29 is 4.79 Å². The average Bonchev–Trinajstić information content (AvgIpc) is 2.67. The Morgan fingerprint density at radius 2 is 1.57 bits per heavy atom. The van der Waals surface area contributed by atoms with Crippen LogP contribution < -0.4 is 5.32 Å². The Labute approximate surface area is 172 Å². The lowest BCUT2D eigenvalue weighted by Gasteiger charge is -2.12. The summed E-state index contributed by atoms with van der Waals surface area (Å²) in [5, 5.41) is 3.88. The summed E-state index contributed by atoms with van der Waals surface area (Å²) >= 11 is 3.46.